The minimum absolute atomic E-state index is 0. The van der Waals surface area contributed by atoms with E-state index >= 15 is 0 Å². The molecule has 0 heterocycles. The molecule has 0 spiro atoms. The Labute approximate surface area is 48.0 Å². The summed E-state index contributed by atoms with van der Waals surface area (Å²) in [6, 6.07) is 0. The summed E-state index contributed by atoms with van der Waals surface area (Å²) < 4.78 is 0. The molecule has 0 N–H and O–H groups in total. The molecule has 0 saturated heterocycles. The van der Waals surface area contributed by atoms with E-state index in [0.29, 0.717) is 0 Å². The highest BCUT2D eigenvalue weighted by Gasteiger charge is 2.04. The van der Waals surface area contributed by atoms with Crippen molar-refractivity contribution in [1.82, 2.24) is 0 Å². The average Bonchev–Trinajstić information content (AvgIpc) is 1.30. The summed E-state index contributed by atoms with van der Waals surface area (Å²) in [6.07, 6.45) is 1.48. The Kier molecular flexibility index (Phi) is 4.30. The van der Waals surface area contributed by atoms with E-state index in [0.717, 1.165) is 0 Å². The van der Waals surface area contributed by atoms with E-state index in [1.807, 2.05) is 20.8 Å². The predicted octanol–water partition coefficient (Wildman–Crippen LogP) is 1.27. The van der Waals surface area contributed by atoms with Crippen molar-refractivity contribution in [2.75, 3.05) is 0 Å². The molecule has 0 bridgehead atoms. The van der Waals surface area contributed by atoms with E-state index in [1.54, 1.807) is 0 Å². The van der Waals surface area contributed by atoms with Gasteiger partial charge in [-0.05, 0) is 20.8 Å². The highest BCUT2D eigenvalue weighted by atomic mass is 19.0. The number of nitrogens with zero attached hydrogens (tertiary/aromatic N) is 1. The molecule has 0 fully saturated rings. The van der Waals surface area contributed by atoms with E-state index in [-0.39, 0.29) is 10.2 Å². The maximum atomic E-state index is 9.53. The van der Waals surface area contributed by atoms with Gasteiger partial charge in [-0.2, -0.15) is 0 Å². The van der Waals surface area contributed by atoms with Gasteiger partial charge in [0.1, 0.15) is 0 Å². The van der Waals surface area contributed by atoms with Gasteiger partial charge in [-0.1, -0.05) is 0 Å². The summed E-state index contributed by atoms with van der Waals surface area (Å²) in [5.41, 5.74) is -0.248. The second kappa shape index (κ2) is 3.33. The monoisotopic (exact) mass is 119 g/mol. The molecule has 48 valence electrons. The smallest absolute Gasteiger partial charge is 0.235 e. The third kappa shape index (κ3) is 9.00. The van der Waals surface area contributed by atoms with Crippen molar-refractivity contribution in [2.45, 2.75) is 26.3 Å². The van der Waals surface area contributed by atoms with E-state index in [4.69, 9.17) is 0 Å². The summed E-state index contributed by atoms with van der Waals surface area (Å²) in [7, 11) is 0. The zero-order valence-corrected chi connectivity index (χ0v) is 5.26. The van der Waals surface area contributed by atoms with Crippen molar-refractivity contribution in [3.8, 4) is 0 Å². The van der Waals surface area contributed by atoms with Crippen LogP contribution in [-0.2, 0) is 4.79 Å². The van der Waals surface area contributed by atoms with Gasteiger partial charge < -0.3 is 0 Å². The largest absolute Gasteiger partial charge is 0.269 e. The molecule has 2 nitrogen and oxygen atoms in total. The Balaban J connectivity index is 0. The molecule has 0 amide bonds. The number of hydrogen-bond donors (Lipinski definition) is 0. The lowest BCUT2D eigenvalue weighted by Crippen LogP contribution is -2.07. The highest BCUT2D eigenvalue weighted by Crippen LogP contribution is 2.02. The Morgan fingerprint density at radius 1 is 1.38 bits per heavy atom. The maximum absolute atomic E-state index is 9.53. The Hall–Kier alpha value is -0.690. The number of aliphatic imine (C=N–C) groups is 1. The van der Waals surface area contributed by atoms with Crippen LogP contribution in [-0.4, -0.2) is 11.6 Å². The van der Waals surface area contributed by atoms with Gasteiger partial charge in [0.15, 0.2) is 0 Å². The maximum Gasteiger partial charge on any atom is 0.235 e. The lowest BCUT2D eigenvalue weighted by molar-refractivity contribution is 0.535. The van der Waals surface area contributed by atoms with Gasteiger partial charge in [-0.3, -0.25) is 4.70 Å². The van der Waals surface area contributed by atoms with Crippen LogP contribution in [0.5, 0.6) is 0 Å². The average molecular weight is 119 g/mol. The molecule has 0 aliphatic heterocycles. The van der Waals surface area contributed by atoms with Gasteiger partial charge in [0, 0.05) is 0 Å². The van der Waals surface area contributed by atoms with Crippen LogP contribution < -0.4 is 0 Å². The number of isocyanates is 1. The second-order valence-electron chi connectivity index (χ2n) is 2.37. The van der Waals surface area contributed by atoms with Crippen molar-refractivity contribution in [3.63, 3.8) is 0 Å². The number of rotatable bonds is 0. The highest BCUT2D eigenvalue weighted by molar-refractivity contribution is 5.34. The first-order valence-corrected chi connectivity index (χ1v) is 2.15. The standard InChI is InChI=1S/C5H9NO.FH/c1-5(2,3)6-4-7;/h1-3H3;1H. The first-order valence-electron chi connectivity index (χ1n) is 2.15. The van der Waals surface area contributed by atoms with Crippen LogP contribution in [0.1, 0.15) is 20.8 Å². The number of carbonyl (C=O) groups excluding carboxylic acids is 1. The summed E-state index contributed by atoms with van der Waals surface area (Å²) in [5.74, 6) is 0. The lowest BCUT2D eigenvalue weighted by Gasteiger charge is -2.05. The zero-order chi connectivity index (χ0) is 5.91. The third-order valence-electron chi connectivity index (χ3n) is 0.381. The Morgan fingerprint density at radius 3 is 1.75 bits per heavy atom. The van der Waals surface area contributed by atoms with Crippen molar-refractivity contribution < 1.29 is 9.50 Å². The van der Waals surface area contributed by atoms with Crippen LogP contribution in [0.15, 0.2) is 4.99 Å². The van der Waals surface area contributed by atoms with Crippen molar-refractivity contribution in [3.05, 3.63) is 0 Å². The molecule has 0 unspecified atom stereocenters. The Morgan fingerprint density at radius 2 is 1.75 bits per heavy atom. The van der Waals surface area contributed by atoms with Crippen LogP contribution in [0, 0.1) is 0 Å². The van der Waals surface area contributed by atoms with E-state index < -0.39 is 0 Å². The Bertz CT molecular complexity index is 99.5. The van der Waals surface area contributed by atoms with Gasteiger partial charge in [-0.25, -0.2) is 9.79 Å². The lowest BCUT2D eigenvalue weighted by atomic mass is 10.1. The topological polar surface area (TPSA) is 29.4 Å². The number of halogens is 1. The molecule has 0 atom stereocenters. The fraction of sp³-hybridized carbons (Fsp3) is 0.800. The molecule has 0 aliphatic rings. The molecular weight excluding hydrogens is 109 g/mol. The van der Waals surface area contributed by atoms with Crippen LogP contribution in [0.25, 0.3) is 0 Å². The fourth-order valence-electron chi connectivity index (χ4n) is 0.137. The van der Waals surface area contributed by atoms with E-state index in [2.05, 4.69) is 4.99 Å². The first-order chi connectivity index (χ1) is 3.06. The minimum atomic E-state index is -0.248. The van der Waals surface area contributed by atoms with Crippen LogP contribution in [0.2, 0.25) is 0 Å². The molecule has 0 radical (unpaired) electrons. The van der Waals surface area contributed by atoms with Crippen molar-refractivity contribution >= 4 is 6.08 Å². The minimum Gasteiger partial charge on any atom is -0.269 e. The van der Waals surface area contributed by atoms with Gasteiger partial charge in [0.05, 0.1) is 5.54 Å². The second-order valence-corrected chi connectivity index (χ2v) is 2.37. The molecular formula is C5H10FNO. The summed E-state index contributed by atoms with van der Waals surface area (Å²) in [4.78, 5) is 13.0. The van der Waals surface area contributed by atoms with Crippen LogP contribution >= 0.6 is 0 Å². The van der Waals surface area contributed by atoms with Crippen molar-refractivity contribution in [1.29, 1.82) is 0 Å². The fourth-order valence-corrected chi connectivity index (χ4v) is 0.137. The molecule has 8 heavy (non-hydrogen) atoms. The van der Waals surface area contributed by atoms with Gasteiger partial charge in [0.2, 0.25) is 6.08 Å². The molecule has 3 heteroatoms. The van der Waals surface area contributed by atoms with Crippen molar-refractivity contribution in [2.24, 2.45) is 4.99 Å². The molecule has 0 saturated carbocycles. The van der Waals surface area contributed by atoms with Gasteiger partial charge >= 0.3 is 0 Å². The van der Waals surface area contributed by atoms with E-state index in [9.17, 15) is 4.79 Å². The molecule has 0 rings (SSSR count). The summed E-state index contributed by atoms with van der Waals surface area (Å²) >= 11 is 0. The molecule has 0 aromatic rings. The molecule has 0 aliphatic carbocycles. The summed E-state index contributed by atoms with van der Waals surface area (Å²) in [6.45, 7) is 5.54. The summed E-state index contributed by atoms with van der Waals surface area (Å²) in [5, 5.41) is 0. The SMILES string of the molecule is CC(C)(C)N=C=O.F. The van der Waals surface area contributed by atoms with Crippen LogP contribution in [0.3, 0.4) is 0 Å². The first kappa shape index (κ1) is 10.3. The normalized spacial score (nSPS) is 8.88. The molecule has 0 aromatic carbocycles. The van der Waals surface area contributed by atoms with E-state index in [1.165, 1.54) is 6.08 Å². The molecule has 0 aromatic heterocycles. The van der Waals surface area contributed by atoms with Gasteiger partial charge in [-0.15, -0.1) is 0 Å². The number of hydrogen-bond acceptors (Lipinski definition) is 2. The van der Waals surface area contributed by atoms with Crippen LogP contribution in [0.4, 0.5) is 4.70 Å². The quantitative estimate of drug-likeness (QED) is 0.349. The van der Waals surface area contributed by atoms with Gasteiger partial charge in [0.25, 0.3) is 0 Å². The predicted molar refractivity (Wildman–Crippen MR) is 30.4 cm³/mol. The third-order valence-corrected chi connectivity index (χ3v) is 0.381. The zero-order valence-electron chi connectivity index (χ0n) is 5.26.